The summed E-state index contributed by atoms with van der Waals surface area (Å²) in [5.74, 6) is -0.572. The Kier molecular flexibility index (Phi) is 6.21. The molecule has 6 heteroatoms. The fourth-order valence-electron chi connectivity index (χ4n) is 2.17. The van der Waals surface area contributed by atoms with Gasteiger partial charge in [0.25, 0.3) is 0 Å². The predicted octanol–water partition coefficient (Wildman–Crippen LogP) is 1.48. The third kappa shape index (κ3) is 4.45. The van der Waals surface area contributed by atoms with Crippen molar-refractivity contribution in [2.24, 2.45) is 0 Å². The van der Waals surface area contributed by atoms with Gasteiger partial charge in [0, 0.05) is 19.1 Å². The van der Waals surface area contributed by atoms with Gasteiger partial charge in [-0.05, 0) is 25.6 Å². The summed E-state index contributed by atoms with van der Waals surface area (Å²) in [6.45, 7) is 2.07. The highest BCUT2D eigenvalue weighted by atomic mass is 35.5. The normalized spacial score (nSPS) is 18.9. The molecule has 1 amide bonds. The van der Waals surface area contributed by atoms with E-state index in [-0.39, 0.29) is 24.0 Å². The molecule has 1 aromatic rings. The topological polar surface area (TPSA) is 44.4 Å². The summed E-state index contributed by atoms with van der Waals surface area (Å²) >= 11 is 0. The molecule has 1 fully saturated rings. The molecule has 1 aliphatic heterocycles. The van der Waals surface area contributed by atoms with E-state index < -0.39 is 5.82 Å². The van der Waals surface area contributed by atoms with Crippen LogP contribution in [0.5, 0.6) is 0 Å². The summed E-state index contributed by atoms with van der Waals surface area (Å²) in [7, 11) is 1.92. The average molecular weight is 288 g/mol. The van der Waals surface area contributed by atoms with Gasteiger partial charge in [0.05, 0.1) is 12.2 Å². The molecule has 0 aromatic heterocycles. The van der Waals surface area contributed by atoms with Crippen LogP contribution in [-0.2, 0) is 4.79 Å². The number of hydrogen-bond donors (Lipinski definition) is 2. The van der Waals surface area contributed by atoms with Crippen molar-refractivity contribution in [1.82, 2.24) is 10.2 Å². The zero-order valence-electron chi connectivity index (χ0n) is 10.9. The molecular weight excluding hydrogens is 269 g/mol. The second-order valence-corrected chi connectivity index (χ2v) is 4.54. The lowest BCUT2D eigenvalue weighted by Gasteiger charge is -2.15. The summed E-state index contributed by atoms with van der Waals surface area (Å²) < 4.78 is 13.3. The van der Waals surface area contributed by atoms with Crippen molar-refractivity contribution >= 4 is 24.0 Å². The number of hydrogen-bond acceptors (Lipinski definition) is 3. The third-order valence-electron chi connectivity index (χ3n) is 3.20. The Morgan fingerprint density at radius 2 is 2.21 bits per heavy atom. The van der Waals surface area contributed by atoms with Gasteiger partial charge in [0.15, 0.2) is 0 Å². The van der Waals surface area contributed by atoms with Gasteiger partial charge in [-0.15, -0.1) is 12.4 Å². The number of halogens is 2. The van der Waals surface area contributed by atoms with E-state index in [4.69, 9.17) is 0 Å². The van der Waals surface area contributed by atoms with Crippen molar-refractivity contribution in [3.63, 3.8) is 0 Å². The molecule has 19 heavy (non-hydrogen) atoms. The molecule has 1 heterocycles. The maximum absolute atomic E-state index is 13.3. The van der Waals surface area contributed by atoms with Crippen LogP contribution in [0.2, 0.25) is 0 Å². The number of nitrogens with one attached hydrogen (secondary N) is 2. The highest BCUT2D eigenvalue weighted by molar-refractivity contribution is 5.92. The van der Waals surface area contributed by atoms with E-state index in [0.717, 1.165) is 19.5 Å². The van der Waals surface area contributed by atoms with E-state index in [1.807, 2.05) is 7.05 Å². The highest BCUT2D eigenvalue weighted by Gasteiger charge is 2.22. The number of para-hydroxylation sites is 1. The van der Waals surface area contributed by atoms with E-state index in [1.54, 1.807) is 18.2 Å². The van der Waals surface area contributed by atoms with Crippen LogP contribution in [-0.4, -0.2) is 43.5 Å². The standard InChI is InChI=1S/C13H18FN3O.ClH/c1-15-10-6-7-17(8-10)9-13(18)16-12-5-3-2-4-11(12)14;/h2-5,10,15H,6-9H2,1H3,(H,16,18);1H. The summed E-state index contributed by atoms with van der Waals surface area (Å²) in [4.78, 5) is 13.8. The maximum Gasteiger partial charge on any atom is 0.238 e. The number of likely N-dealkylation sites (N-methyl/N-ethyl adjacent to an activating group) is 1. The first kappa shape index (κ1) is 15.9. The number of carbonyl (C=O) groups is 1. The molecular formula is C13H19ClFN3O. The van der Waals surface area contributed by atoms with Crippen LogP contribution in [0.1, 0.15) is 6.42 Å². The molecule has 106 valence electrons. The van der Waals surface area contributed by atoms with Crippen LogP contribution in [0.3, 0.4) is 0 Å². The Balaban J connectivity index is 0.00000180. The van der Waals surface area contributed by atoms with Crippen LogP contribution < -0.4 is 10.6 Å². The molecule has 1 saturated heterocycles. The minimum atomic E-state index is -0.402. The largest absolute Gasteiger partial charge is 0.322 e. The lowest BCUT2D eigenvalue weighted by atomic mass is 10.3. The first-order valence-corrected chi connectivity index (χ1v) is 6.13. The molecule has 1 unspecified atom stereocenters. The number of amides is 1. The van der Waals surface area contributed by atoms with Crippen molar-refractivity contribution in [3.05, 3.63) is 30.1 Å². The molecule has 1 aliphatic rings. The van der Waals surface area contributed by atoms with Crippen LogP contribution in [0.25, 0.3) is 0 Å². The van der Waals surface area contributed by atoms with Gasteiger partial charge in [-0.1, -0.05) is 12.1 Å². The second-order valence-electron chi connectivity index (χ2n) is 4.54. The average Bonchev–Trinajstić information content (AvgIpc) is 2.80. The quantitative estimate of drug-likeness (QED) is 0.882. The molecule has 1 atom stereocenters. The summed E-state index contributed by atoms with van der Waals surface area (Å²) in [5, 5.41) is 5.79. The van der Waals surface area contributed by atoms with E-state index in [1.165, 1.54) is 6.07 Å². The molecule has 0 saturated carbocycles. The van der Waals surface area contributed by atoms with Crippen molar-refractivity contribution < 1.29 is 9.18 Å². The number of nitrogens with zero attached hydrogens (tertiary/aromatic N) is 1. The Bertz CT molecular complexity index is 430. The van der Waals surface area contributed by atoms with Crippen molar-refractivity contribution in [1.29, 1.82) is 0 Å². The molecule has 2 rings (SSSR count). The Hall–Kier alpha value is -1.17. The number of likely N-dealkylation sites (tertiary alicyclic amines) is 1. The van der Waals surface area contributed by atoms with E-state index in [2.05, 4.69) is 15.5 Å². The van der Waals surface area contributed by atoms with Gasteiger partial charge in [-0.25, -0.2) is 4.39 Å². The molecule has 0 radical (unpaired) electrons. The third-order valence-corrected chi connectivity index (χ3v) is 3.20. The minimum Gasteiger partial charge on any atom is -0.322 e. The summed E-state index contributed by atoms with van der Waals surface area (Å²) in [5.41, 5.74) is 0.242. The summed E-state index contributed by atoms with van der Waals surface area (Å²) in [6, 6.07) is 6.65. The number of anilines is 1. The first-order chi connectivity index (χ1) is 8.69. The van der Waals surface area contributed by atoms with Gasteiger partial charge in [-0.3, -0.25) is 9.69 Å². The summed E-state index contributed by atoms with van der Waals surface area (Å²) in [6.07, 6.45) is 1.05. The predicted molar refractivity (Wildman–Crippen MR) is 76.2 cm³/mol. The monoisotopic (exact) mass is 287 g/mol. The molecule has 1 aromatic carbocycles. The Morgan fingerprint density at radius 3 is 2.84 bits per heavy atom. The van der Waals surface area contributed by atoms with E-state index >= 15 is 0 Å². The molecule has 0 bridgehead atoms. The molecule has 0 aliphatic carbocycles. The number of benzene rings is 1. The number of rotatable bonds is 4. The van der Waals surface area contributed by atoms with Gasteiger partial charge in [0.1, 0.15) is 5.82 Å². The van der Waals surface area contributed by atoms with Crippen LogP contribution in [0.15, 0.2) is 24.3 Å². The van der Waals surface area contributed by atoms with Crippen molar-refractivity contribution in [2.75, 3.05) is 32.0 Å². The van der Waals surface area contributed by atoms with Crippen molar-refractivity contribution in [3.8, 4) is 0 Å². The van der Waals surface area contributed by atoms with Gasteiger partial charge >= 0.3 is 0 Å². The molecule has 0 spiro atoms. The van der Waals surface area contributed by atoms with Crippen molar-refractivity contribution in [2.45, 2.75) is 12.5 Å². The number of carbonyl (C=O) groups excluding carboxylic acids is 1. The lowest BCUT2D eigenvalue weighted by molar-refractivity contribution is -0.117. The van der Waals surface area contributed by atoms with E-state index in [0.29, 0.717) is 12.6 Å². The van der Waals surface area contributed by atoms with Crippen LogP contribution >= 0.6 is 12.4 Å². The zero-order valence-corrected chi connectivity index (χ0v) is 11.7. The minimum absolute atomic E-state index is 0. The van der Waals surface area contributed by atoms with Crippen LogP contribution in [0.4, 0.5) is 10.1 Å². The second kappa shape index (κ2) is 7.43. The fourth-order valence-corrected chi connectivity index (χ4v) is 2.17. The fraction of sp³-hybridized carbons (Fsp3) is 0.462. The first-order valence-electron chi connectivity index (χ1n) is 6.13. The Labute approximate surface area is 118 Å². The van der Waals surface area contributed by atoms with Gasteiger partial charge in [0.2, 0.25) is 5.91 Å². The van der Waals surface area contributed by atoms with E-state index in [9.17, 15) is 9.18 Å². The zero-order chi connectivity index (χ0) is 13.0. The molecule has 4 nitrogen and oxygen atoms in total. The SMILES string of the molecule is CNC1CCN(CC(=O)Nc2ccccc2F)C1.Cl. The van der Waals surface area contributed by atoms with Crippen LogP contribution in [0, 0.1) is 5.82 Å². The lowest BCUT2D eigenvalue weighted by Crippen LogP contribution is -2.34. The Morgan fingerprint density at radius 1 is 1.47 bits per heavy atom. The smallest absolute Gasteiger partial charge is 0.238 e. The molecule has 2 N–H and O–H groups in total. The van der Waals surface area contributed by atoms with Gasteiger partial charge < -0.3 is 10.6 Å². The maximum atomic E-state index is 13.3. The highest BCUT2D eigenvalue weighted by Crippen LogP contribution is 2.13. The van der Waals surface area contributed by atoms with Gasteiger partial charge in [-0.2, -0.15) is 0 Å².